The van der Waals surface area contributed by atoms with Gasteiger partial charge in [-0.25, -0.2) is 4.98 Å². The molecule has 5 rings (SSSR count). The van der Waals surface area contributed by atoms with E-state index in [4.69, 9.17) is 16.3 Å². The van der Waals surface area contributed by atoms with Gasteiger partial charge in [0.1, 0.15) is 0 Å². The highest BCUT2D eigenvalue weighted by Gasteiger charge is 2.16. The van der Waals surface area contributed by atoms with Gasteiger partial charge in [0.15, 0.2) is 0 Å². The minimum atomic E-state index is 0.465. The van der Waals surface area contributed by atoms with Crippen molar-refractivity contribution < 1.29 is 4.74 Å². The summed E-state index contributed by atoms with van der Waals surface area (Å²) >= 11 is 6.46. The Balaban J connectivity index is 1.91. The number of hydrogen-bond acceptors (Lipinski definition) is 5. The third kappa shape index (κ3) is 3.09. The van der Waals surface area contributed by atoms with E-state index in [0.29, 0.717) is 16.5 Å². The molecule has 7 nitrogen and oxygen atoms in total. The van der Waals surface area contributed by atoms with Crippen molar-refractivity contribution in [3.05, 3.63) is 77.6 Å². The van der Waals surface area contributed by atoms with Crippen LogP contribution >= 0.6 is 11.6 Å². The zero-order valence-electron chi connectivity index (χ0n) is 17.3. The molecule has 5 aromatic rings. The van der Waals surface area contributed by atoms with E-state index in [2.05, 4.69) is 21.0 Å². The maximum Gasteiger partial charge on any atom is 0.226 e. The van der Waals surface area contributed by atoms with Crippen LogP contribution in [0.1, 0.15) is 0 Å². The molecule has 156 valence electrons. The van der Waals surface area contributed by atoms with Crippen LogP contribution in [0.5, 0.6) is 5.88 Å². The summed E-state index contributed by atoms with van der Waals surface area (Å²) < 4.78 is 8.95. The van der Waals surface area contributed by atoms with E-state index >= 15 is 0 Å². The summed E-state index contributed by atoms with van der Waals surface area (Å²) in [6.07, 6.45) is 5.39. The standard InChI is InChI=1S/C24H17ClN6O/c1-30-21-13-27-20-9-7-15(17-5-3-4-6-19(17)25)11-18(20)23(21)31(24(30)29-14-26)16-8-10-22(32-2)28-12-16/h3-13H,1-2H3/b29-24-. The number of nitriles is 1. The van der Waals surface area contributed by atoms with E-state index in [-0.39, 0.29) is 0 Å². The predicted molar refractivity (Wildman–Crippen MR) is 124 cm³/mol. The first-order valence-corrected chi connectivity index (χ1v) is 10.2. The van der Waals surface area contributed by atoms with Gasteiger partial charge in [-0.3, -0.25) is 9.55 Å². The molecule has 0 saturated carbocycles. The fourth-order valence-electron chi connectivity index (χ4n) is 3.91. The van der Waals surface area contributed by atoms with Crippen molar-refractivity contribution in [1.29, 1.82) is 5.26 Å². The van der Waals surface area contributed by atoms with E-state index in [1.54, 1.807) is 25.6 Å². The second kappa shape index (κ2) is 7.84. The van der Waals surface area contributed by atoms with E-state index < -0.39 is 0 Å². The third-order valence-electron chi connectivity index (χ3n) is 5.43. The molecule has 0 N–H and O–H groups in total. The Labute approximate surface area is 188 Å². The van der Waals surface area contributed by atoms with E-state index in [1.807, 2.05) is 64.8 Å². The second-order valence-corrected chi connectivity index (χ2v) is 7.58. The number of imidazole rings is 1. The highest BCUT2D eigenvalue weighted by Crippen LogP contribution is 2.32. The SMILES string of the molecule is COc1ccc(-n2/c(=N\C#N)n(C)c3cnc4ccc(-c5ccccc5Cl)cc4c32)cn1. The molecule has 0 aliphatic heterocycles. The van der Waals surface area contributed by atoms with E-state index in [1.165, 1.54) is 0 Å². The average Bonchev–Trinajstić information content (AvgIpc) is 3.11. The highest BCUT2D eigenvalue weighted by molar-refractivity contribution is 6.33. The lowest BCUT2D eigenvalue weighted by Crippen LogP contribution is -2.22. The molecule has 8 heteroatoms. The molecule has 0 aliphatic rings. The highest BCUT2D eigenvalue weighted by atomic mass is 35.5. The number of pyridine rings is 2. The van der Waals surface area contributed by atoms with Gasteiger partial charge in [-0.1, -0.05) is 35.9 Å². The number of halogens is 1. The largest absolute Gasteiger partial charge is 0.481 e. The number of ether oxygens (including phenoxy) is 1. The van der Waals surface area contributed by atoms with Crippen LogP contribution in [0.4, 0.5) is 0 Å². The smallest absolute Gasteiger partial charge is 0.226 e. The number of hydrogen-bond donors (Lipinski definition) is 0. The summed E-state index contributed by atoms with van der Waals surface area (Å²) in [5.41, 5.74) is 5.64. The first-order chi connectivity index (χ1) is 15.6. The normalized spacial score (nSPS) is 11.8. The quantitative estimate of drug-likeness (QED) is 0.383. The van der Waals surface area contributed by atoms with Gasteiger partial charge in [-0.05, 0) is 29.8 Å². The van der Waals surface area contributed by atoms with Crippen LogP contribution in [-0.4, -0.2) is 26.2 Å². The summed E-state index contributed by atoms with van der Waals surface area (Å²) in [7, 11) is 3.43. The zero-order chi connectivity index (χ0) is 22.2. The van der Waals surface area contributed by atoms with Crippen LogP contribution in [-0.2, 0) is 7.05 Å². The van der Waals surface area contributed by atoms with Crippen molar-refractivity contribution in [2.75, 3.05) is 7.11 Å². The van der Waals surface area contributed by atoms with Gasteiger partial charge in [0.05, 0.1) is 41.7 Å². The lowest BCUT2D eigenvalue weighted by molar-refractivity contribution is 0.398. The minimum Gasteiger partial charge on any atom is -0.481 e. The van der Waals surface area contributed by atoms with Crippen molar-refractivity contribution in [2.45, 2.75) is 0 Å². The summed E-state index contributed by atoms with van der Waals surface area (Å²) in [4.78, 5) is 13.1. The number of aromatic nitrogens is 4. The molecule has 3 heterocycles. The number of methoxy groups -OCH3 is 1. The van der Waals surface area contributed by atoms with Crippen LogP contribution in [0.25, 0.3) is 38.8 Å². The lowest BCUT2D eigenvalue weighted by Gasteiger charge is -2.09. The first kappa shape index (κ1) is 19.8. The molecule has 0 atom stereocenters. The Morgan fingerprint density at radius 3 is 2.62 bits per heavy atom. The van der Waals surface area contributed by atoms with E-state index in [0.717, 1.165) is 38.8 Å². The maximum absolute atomic E-state index is 9.35. The molecule has 0 fully saturated rings. The number of fused-ring (bicyclic) bond motifs is 3. The van der Waals surface area contributed by atoms with Crippen LogP contribution in [0.3, 0.4) is 0 Å². The van der Waals surface area contributed by atoms with Crippen LogP contribution in [0, 0.1) is 11.5 Å². The van der Waals surface area contributed by atoms with Gasteiger partial charge in [0, 0.05) is 29.1 Å². The topological polar surface area (TPSA) is 81.0 Å². The minimum absolute atomic E-state index is 0.465. The molecule has 0 amide bonds. The van der Waals surface area contributed by atoms with Gasteiger partial charge >= 0.3 is 0 Å². The van der Waals surface area contributed by atoms with Crippen LogP contribution in [0.15, 0.2) is 72.0 Å². The summed E-state index contributed by atoms with van der Waals surface area (Å²) in [5.74, 6) is 0.501. The summed E-state index contributed by atoms with van der Waals surface area (Å²) in [6.45, 7) is 0. The molecule has 0 saturated heterocycles. The fourth-order valence-corrected chi connectivity index (χ4v) is 4.15. The van der Waals surface area contributed by atoms with Gasteiger partial charge in [-0.15, -0.1) is 4.99 Å². The van der Waals surface area contributed by atoms with Crippen molar-refractivity contribution in [1.82, 2.24) is 19.1 Å². The Hall–Kier alpha value is -4.15. The molecular formula is C24H17ClN6O. The van der Waals surface area contributed by atoms with Gasteiger partial charge in [0.2, 0.25) is 17.7 Å². The van der Waals surface area contributed by atoms with Crippen molar-refractivity contribution in [3.8, 4) is 28.9 Å². The van der Waals surface area contributed by atoms with E-state index in [9.17, 15) is 5.26 Å². The molecule has 0 unspecified atom stereocenters. The summed E-state index contributed by atoms with van der Waals surface area (Å²) in [6, 6.07) is 17.4. The van der Waals surface area contributed by atoms with Crippen LogP contribution < -0.4 is 10.4 Å². The van der Waals surface area contributed by atoms with Crippen molar-refractivity contribution >= 4 is 33.5 Å². The molecule has 0 radical (unpaired) electrons. The Bertz CT molecular complexity index is 1590. The van der Waals surface area contributed by atoms with Crippen LogP contribution in [0.2, 0.25) is 5.02 Å². The zero-order valence-corrected chi connectivity index (χ0v) is 18.1. The Kier molecular flexibility index (Phi) is 4.85. The molecule has 0 aliphatic carbocycles. The monoisotopic (exact) mass is 440 g/mol. The first-order valence-electron chi connectivity index (χ1n) is 9.80. The lowest BCUT2D eigenvalue weighted by atomic mass is 10.0. The summed E-state index contributed by atoms with van der Waals surface area (Å²) in [5, 5.41) is 10.9. The third-order valence-corrected chi connectivity index (χ3v) is 5.76. The molecule has 3 aromatic heterocycles. The maximum atomic E-state index is 9.35. The average molecular weight is 441 g/mol. The van der Waals surface area contributed by atoms with Gasteiger partial charge < -0.3 is 9.30 Å². The Morgan fingerprint density at radius 1 is 1.06 bits per heavy atom. The van der Waals surface area contributed by atoms with Crippen molar-refractivity contribution in [3.63, 3.8) is 0 Å². The molecule has 32 heavy (non-hydrogen) atoms. The molecule has 0 bridgehead atoms. The number of aryl methyl sites for hydroxylation is 1. The fraction of sp³-hybridized carbons (Fsp3) is 0.0833. The number of rotatable bonds is 3. The van der Waals surface area contributed by atoms with Crippen molar-refractivity contribution in [2.24, 2.45) is 12.0 Å². The number of nitrogens with zero attached hydrogens (tertiary/aromatic N) is 6. The number of benzene rings is 2. The molecular weight excluding hydrogens is 424 g/mol. The second-order valence-electron chi connectivity index (χ2n) is 7.17. The molecule has 0 spiro atoms. The molecule has 2 aromatic carbocycles. The predicted octanol–water partition coefficient (Wildman–Crippen LogP) is 4.62. The van der Waals surface area contributed by atoms with Gasteiger partial charge in [0.25, 0.3) is 0 Å². The Morgan fingerprint density at radius 2 is 1.91 bits per heavy atom. The van der Waals surface area contributed by atoms with Gasteiger partial charge in [-0.2, -0.15) is 5.26 Å².